The molecule has 2 bridgehead atoms. The summed E-state index contributed by atoms with van der Waals surface area (Å²) >= 11 is 0. The van der Waals surface area contributed by atoms with Gasteiger partial charge in [0.1, 0.15) is 5.82 Å². The number of rotatable bonds is 5. The van der Waals surface area contributed by atoms with E-state index >= 15 is 0 Å². The molecule has 0 spiro atoms. The Labute approximate surface area is 277 Å². The molecule has 0 saturated heterocycles. The third-order valence-corrected chi connectivity index (χ3v) is 9.67. The van der Waals surface area contributed by atoms with Crippen LogP contribution >= 0.6 is 0 Å². The molecule has 3 aromatic heterocycles. The maximum atomic E-state index is 6.46. The summed E-state index contributed by atoms with van der Waals surface area (Å²) in [6.45, 7) is 8.91. The summed E-state index contributed by atoms with van der Waals surface area (Å²) in [5, 5.41) is 2.27. The molecule has 0 radical (unpaired) electrons. The Kier molecular flexibility index (Phi) is 6.41. The maximum absolute atomic E-state index is 6.46. The van der Waals surface area contributed by atoms with Gasteiger partial charge in [-0.1, -0.05) is 44.5 Å². The van der Waals surface area contributed by atoms with Gasteiger partial charge in [-0.15, -0.1) is 41.4 Å². The summed E-state index contributed by atoms with van der Waals surface area (Å²) in [7, 11) is 0. The molecule has 3 fully saturated rings. The van der Waals surface area contributed by atoms with Crippen molar-refractivity contribution in [3.8, 4) is 17.3 Å². The Morgan fingerprint density at radius 3 is 2.49 bits per heavy atom. The van der Waals surface area contributed by atoms with E-state index in [0.29, 0.717) is 11.5 Å². The van der Waals surface area contributed by atoms with Crippen LogP contribution in [-0.4, -0.2) is 20.1 Å². The molecular weight excluding hydrogens is 738 g/mol. The van der Waals surface area contributed by atoms with Gasteiger partial charge in [-0.05, 0) is 65.8 Å². The largest absolute Gasteiger partial charge is 0.509 e. The Hall–Kier alpha value is -4.15. The fraction of sp³-hybridized carbons (Fsp3) is 0.237. The van der Waals surface area contributed by atoms with Crippen LogP contribution in [0.25, 0.3) is 27.6 Å². The number of fused-ring (bicyclic) bond motifs is 4. The van der Waals surface area contributed by atoms with Crippen LogP contribution in [0.3, 0.4) is 0 Å². The SMILES string of the molecule is CC(C)(C)c1ccnc(-n2c3[c-]c(Oc4[c-]c(N5[CH-]N(C67CC(C6)C7)c6cnccc65)ccc4)ccc3c3ccccc32)c1.[Pt]. The number of ether oxygens (including phenoxy) is 1. The fourth-order valence-corrected chi connectivity index (χ4v) is 7.24. The van der Waals surface area contributed by atoms with Crippen molar-refractivity contribution in [2.75, 3.05) is 9.80 Å². The summed E-state index contributed by atoms with van der Waals surface area (Å²) < 4.78 is 8.65. The van der Waals surface area contributed by atoms with Gasteiger partial charge in [0, 0.05) is 73.6 Å². The van der Waals surface area contributed by atoms with Gasteiger partial charge in [0.2, 0.25) is 0 Å². The number of aromatic nitrogens is 3. The molecule has 4 heterocycles. The molecule has 0 N–H and O–H groups in total. The van der Waals surface area contributed by atoms with Gasteiger partial charge in [-0.2, -0.15) is 18.8 Å². The first-order valence-corrected chi connectivity index (χ1v) is 15.4. The van der Waals surface area contributed by atoms with Crippen LogP contribution in [-0.2, 0) is 26.5 Å². The molecule has 1 aliphatic heterocycles. The van der Waals surface area contributed by atoms with Crippen molar-refractivity contribution in [1.29, 1.82) is 0 Å². The van der Waals surface area contributed by atoms with Crippen molar-refractivity contribution >= 4 is 38.9 Å². The van der Waals surface area contributed by atoms with E-state index in [1.807, 2.05) is 36.8 Å². The first-order valence-electron chi connectivity index (χ1n) is 15.4. The third kappa shape index (κ3) is 4.40. The molecule has 4 aliphatic rings. The van der Waals surface area contributed by atoms with Gasteiger partial charge >= 0.3 is 0 Å². The molecule has 6 nitrogen and oxygen atoms in total. The van der Waals surface area contributed by atoms with Crippen LogP contribution < -0.4 is 14.5 Å². The minimum atomic E-state index is 0. The number of anilines is 3. The van der Waals surface area contributed by atoms with Crippen LogP contribution in [0.5, 0.6) is 11.5 Å². The molecule has 0 unspecified atom stereocenters. The minimum absolute atomic E-state index is 0. The predicted molar refractivity (Wildman–Crippen MR) is 175 cm³/mol. The van der Waals surface area contributed by atoms with E-state index in [-0.39, 0.29) is 32.0 Å². The molecule has 0 atom stereocenters. The van der Waals surface area contributed by atoms with Crippen molar-refractivity contribution in [1.82, 2.24) is 14.5 Å². The van der Waals surface area contributed by atoms with E-state index in [4.69, 9.17) is 9.72 Å². The van der Waals surface area contributed by atoms with Crippen molar-refractivity contribution in [2.45, 2.75) is 51.0 Å². The zero-order valence-corrected chi connectivity index (χ0v) is 27.7. The molecule has 3 saturated carbocycles. The smallest absolute Gasteiger partial charge is 0.135 e. The number of nitrogens with zero attached hydrogens (tertiary/aromatic N) is 5. The molecule has 45 heavy (non-hydrogen) atoms. The average Bonchev–Trinajstić information content (AvgIpc) is 3.52. The van der Waals surface area contributed by atoms with E-state index in [1.54, 1.807) is 0 Å². The Bertz CT molecular complexity index is 2080. The van der Waals surface area contributed by atoms with Crippen LogP contribution in [0.15, 0.2) is 91.4 Å². The molecule has 10 rings (SSSR count). The number of benzene rings is 3. The molecular formula is C38H32N5OPt-3. The average molecular weight is 770 g/mol. The van der Waals surface area contributed by atoms with Crippen molar-refractivity contribution in [2.24, 2.45) is 5.92 Å². The second-order valence-electron chi connectivity index (χ2n) is 13.5. The van der Waals surface area contributed by atoms with Gasteiger partial charge < -0.3 is 19.1 Å². The van der Waals surface area contributed by atoms with Crippen LogP contribution in [0.1, 0.15) is 45.6 Å². The van der Waals surface area contributed by atoms with Gasteiger partial charge in [0.25, 0.3) is 0 Å². The van der Waals surface area contributed by atoms with E-state index in [0.717, 1.165) is 44.9 Å². The third-order valence-electron chi connectivity index (χ3n) is 9.67. The molecule has 228 valence electrons. The van der Waals surface area contributed by atoms with Gasteiger partial charge in [0.05, 0.1) is 0 Å². The van der Waals surface area contributed by atoms with Gasteiger partial charge in [0.15, 0.2) is 0 Å². The first-order chi connectivity index (χ1) is 21.4. The second-order valence-corrected chi connectivity index (χ2v) is 13.5. The molecule has 6 aromatic rings. The topological polar surface area (TPSA) is 46.4 Å². The van der Waals surface area contributed by atoms with Crippen molar-refractivity contribution in [3.63, 3.8) is 0 Å². The van der Waals surface area contributed by atoms with Gasteiger partial charge in [-0.3, -0.25) is 4.98 Å². The number of hydrogen-bond acceptors (Lipinski definition) is 5. The summed E-state index contributed by atoms with van der Waals surface area (Å²) in [5.74, 6) is 3.04. The Morgan fingerprint density at radius 2 is 1.69 bits per heavy atom. The van der Waals surface area contributed by atoms with Crippen molar-refractivity contribution in [3.05, 3.63) is 116 Å². The normalized spacial score (nSPS) is 20.0. The fourth-order valence-electron chi connectivity index (χ4n) is 7.24. The van der Waals surface area contributed by atoms with Crippen LogP contribution in [0.4, 0.5) is 17.1 Å². The molecule has 3 aromatic carbocycles. The zero-order chi connectivity index (χ0) is 29.6. The van der Waals surface area contributed by atoms with E-state index in [9.17, 15) is 0 Å². The van der Waals surface area contributed by atoms with E-state index < -0.39 is 0 Å². The monoisotopic (exact) mass is 769 g/mol. The predicted octanol–water partition coefficient (Wildman–Crippen LogP) is 8.89. The van der Waals surface area contributed by atoms with Crippen LogP contribution in [0, 0.1) is 24.7 Å². The van der Waals surface area contributed by atoms with E-state index in [1.165, 1.54) is 30.5 Å². The Morgan fingerprint density at radius 1 is 0.867 bits per heavy atom. The Balaban J connectivity index is 0.00000300. The minimum Gasteiger partial charge on any atom is -0.509 e. The summed E-state index contributed by atoms with van der Waals surface area (Å²) in [6, 6.07) is 32.1. The quantitative estimate of drug-likeness (QED) is 0.164. The summed E-state index contributed by atoms with van der Waals surface area (Å²) in [5.41, 5.74) is 6.75. The van der Waals surface area contributed by atoms with Crippen molar-refractivity contribution < 1.29 is 25.8 Å². The van der Waals surface area contributed by atoms with Gasteiger partial charge in [-0.25, -0.2) is 4.98 Å². The number of pyridine rings is 2. The summed E-state index contributed by atoms with van der Waals surface area (Å²) in [6.07, 6.45) is 9.55. The molecule has 7 heteroatoms. The molecule has 0 amide bonds. The van der Waals surface area contributed by atoms with E-state index in [2.05, 4.69) is 114 Å². The first kappa shape index (κ1) is 28.3. The number of hydrogen-bond donors (Lipinski definition) is 0. The standard InChI is InChI=1S/C38H32N5O.Pt/c1-37(2,3)26-13-16-40-36(17-26)43-32-10-5-4-9-30(32)31-12-11-29(19-34(31)43)44-28-8-6-7-27(18-28)41-24-42(38-20-25(21-38)22-38)35-23-39-15-14-33(35)41;/h4-17,23-25H,20-22H2,1-3H3;/q-3;. The van der Waals surface area contributed by atoms with Crippen LogP contribution in [0.2, 0.25) is 0 Å². The second kappa shape index (κ2) is 10.2. The molecule has 3 aliphatic carbocycles. The number of para-hydroxylation sites is 1. The maximum Gasteiger partial charge on any atom is 0.135 e. The summed E-state index contributed by atoms with van der Waals surface area (Å²) in [4.78, 5) is 13.9. The zero-order valence-electron chi connectivity index (χ0n) is 25.4.